The monoisotopic (exact) mass is 471 g/mol. The minimum absolute atomic E-state index is 0.190. The number of nitrogens with one attached hydrogen (secondary N) is 1. The average molecular weight is 472 g/mol. The van der Waals surface area contributed by atoms with Crippen molar-refractivity contribution in [1.29, 1.82) is 0 Å². The molecular formula is C19H29N3O7SSi. The van der Waals surface area contributed by atoms with Crippen LogP contribution in [0, 0.1) is 6.92 Å². The number of rotatable bonds is 3. The molecule has 4 heterocycles. The fraction of sp³-hybridized carbons (Fsp3) is 0.684. The summed E-state index contributed by atoms with van der Waals surface area (Å²) in [5.74, 6) is 0. The lowest BCUT2D eigenvalue weighted by Crippen LogP contribution is -2.56. The van der Waals surface area contributed by atoms with Crippen LogP contribution in [0.5, 0.6) is 0 Å². The highest BCUT2D eigenvalue weighted by atomic mass is 32.2. The Labute approximate surface area is 182 Å². The van der Waals surface area contributed by atoms with Crippen molar-refractivity contribution in [3.63, 3.8) is 0 Å². The number of aromatic nitrogens is 2. The number of hydrogen-bond donors (Lipinski definition) is 1. The van der Waals surface area contributed by atoms with Crippen molar-refractivity contribution in [2.75, 3.05) is 6.54 Å². The summed E-state index contributed by atoms with van der Waals surface area (Å²) in [4.78, 5) is 25.2. The Bertz CT molecular complexity index is 1190. The normalized spacial score (nSPS) is 31.8. The zero-order valence-electron chi connectivity index (χ0n) is 18.8. The van der Waals surface area contributed by atoms with Crippen molar-refractivity contribution in [3.8, 4) is 0 Å². The Morgan fingerprint density at radius 1 is 1.29 bits per heavy atom. The van der Waals surface area contributed by atoms with Gasteiger partial charge in [0.15, 0.2) is 20.1 Å². The van der Waals surface area contributed by atoms with Gasteiger partial charge in [-0.3, -0.25) is 13.9 Å². The van der Waals surface area contributed by atoms with E-state index in [0.717, 1.165) is 9.98 Å². The van der Waals surface area contributed by atoms with Crippen molar-refractivity contribution >= 4 is 18.4 Å². The molecule has 31 heavy (non-hydrogen) atoms. The van der Waals surface area contributed by atoms with Gasteiger partial charge in [0.05, 0.1) is 11.1 Å². The maximum Gasteiger partial charge on any atom is 0.332 e. The van der Waals surface area contributed by atoms with E-state index in [2.05, 4.69) is 26.1 Å². The summed E-state index contributed by atoms with van der Waals surface area (Å²) < 4.78 is 45.7. The predicted octanol–water partition coefficient (Wildman–Crippen LogP) is 0.687. The van der Waals surface area contributed by atoms with Gasteiger partial charge in [-0.15, -0.1) is 0 Å². The van der Waals surface area contributed by atoms with Gasteiger partial charge in [-0.1, -0.05) is 20.8 Å². The van der Waals surface area contributed by atoms with Crippen LogP contribution in [0.25, 0.3) is 0 Å². The number of hydrogen-bond acceptors (Lipinski definition) is 8. The van der Waals surface area contributed by atoms with E-state index in [4.69, 9.17) is 13.3 Å². The highest BCUT2D eigenvalue weighted by Crippen LogP contribution is 2.53. The fourth-order valence-corrected chi connectivity index (χ4v) is 6.68. The number of nitrogens with zero attached hydrogens (tertiary/aromatic N) is 2. The summed E-state index contributed by atoms with van der Waals surface area (Å²) in [6, 6.07) is 0. The van der Waals surface area contributed by atoms with Crippen molar-refractivity contribution in [3.05, 3.63) is 43.7 Å². The van der Waals surface area contributed by atoms with Crippen LogP contribution in [0.15, 0.2) is 26.9 Å². The molecule has 1 aromatic heterocycles. The van der Waals surface area contributed by atoms with E-state index in [0.29, 0.717) is 17.8 Å². The molecule has 12 heteroatoms. The first-order valence-electron chi connectivity index (χ1n) is 10.1. The molecule has 0 aliphatic carbocycles. The molecule has 2 fully saturated rings. The Hall–Kier alpha value is -1.73. The lowest BCUT2D eigenvalue weighted by Gasteiger charge is -2.42. The van der Waals surface area contributed by atoms with E-state index in [9.17, 15) is 18.0 Å². The molecule has 2 saturated heterocycles. The van der Waals surface area contributed by atoms with Gasteiger partial charge in [-0.2, -0.15) is 8.42 Å². The molecular weight excluding hydrogens is 442 g/mol. The van der Waals surface area contributed by atoms with Crippen LogP contribution >= 0.6 is 0 Å². The van der Waals surface area contributed by atoms with Crippen molar-refractivity contribution in [1.82, 2.24) is 14.5 Å². The first-order chi connectivity index (χ1) is 14.1. The molecule has 1 aromatic rings. The highest BCUT2D eigenvalue weighted by Gasteiger charge is 2.70. The number of aryl methyl sites for hydroxylation is 1. The quantitative estimate of drug-likeness (QED) is 0.505. The van der Waals surface area contributed by atoms with E-state index in [-0.39, 0.29) is 5.04 Å². The summed E-state index contributed by atoms with van der Waals surface area (Å²) in [7, 11) is -5.01. The smallest absolute Gasteiger partial charge is 0.332 e. The molecule has 0 saturated carbocycles. The first kappa shape index (κ1) is 22.5. The summed E-state index contributed by atoms with van der Waals surface area (Å²) in [5.41, 5.74) is -1.64. The number of ether oxygens (including phenoxy) is 1. The molecule has 3 aliphatic rings. The maximum atomic E-state index is 13.0. The van der Waals surface area contributed by atoms with Gasteiger partial charge in [0.25, 0.3) is 15.7 Å². The van der Waals surface area contributed by atoms with Crippen LogP contribution in [0.1, 0.15) is 32.6 Å². The molecule has 0 bridgehead atoms. The molecule has 3 aliphatic heterocycles. The van der Waals surface area contributed by atoms with Crippen LogP contribution < -0.4 is 16.6 Å². The van der Waals surface area contributed by atoms with Gasteiger partial charge in [0, 0.05) is 25.4 Å². The topological polar surface area (TPSA) is 118 Å². The zero-order valence-corrected chi connectivity index (χ0v) is 20.6. The van der Waals surface area contributed by atoms with Crippen molar-refractivity contribution < 1.29 is 21.8 Å². The largest absolute Gasteiger partial charge is 0.406 e. The molecule has 172 valence electrons. The van der Waals surface area contributed by atoms with Gasteiger partial charge in [-0.25, -0.2) is 8.98 Å². The Balaban J connectivity index is 1.91. The molecule has 0 aromatic carbocycles. The molecule has 0 amide bonds. The van der Waals surface area contributed by atoms with E-state index in [1.54, 1.807) is 6.92 Å². The predicted molar refractivity (Wildman–Crippen MR) is 115 cm³/mol. The second-order valence-electron chi connectivity index (χ2n) is 9.96. The van der Waals surface area contributed by atoms with Crippen LogP contribution in [0.4, 0.5) is 0 Å². The third kappa shape index (κ3) is 3.18. The zero-order chi connectivity index (χ0) is 23.1. The second kappa shape index (κ2) is 6.64. The van der Waals surface area contributed by atoms with E-state index >= 15 is 0 Å². The maximum absolute atomic E-state index is 13.0. The molecule has 1 spiro atoms. The summed E-state index contributed by atoms with van der Waals surface area (Å²) in [6.07, 6.45) is -1.11. The molecule has 1 N–H and O–H groups in total. The second-order valence-corrected chi connectivity index (χ2v) is 16.1. The summed E-state index contributed by atoms with van der Waals surface area (Å²) in [5, 5.41) is 3.94. The third-order valence-electron chi connectivity index (χ3n) is 6.86. The van der Waals surface area contributed by atoms with Gasteiger partial charge in [-0.05, 0) is 25.1 Å². The van der Waals surface area contributed by atoms with Crippen LogP contribution in [-0.4, -0.2) is 50.2 Å². The molecule has 4 rings (SSSR count). The van der Waals surface area contributed by atoms with E-state index < -0.39 is 53.7 Å². The van der Waals surface area contributed by atoms with Gasteiger partial charge in [0.1, 0.15) is 12.2 Å². The summed E-state index contributed by atoms with van der Waals surface area (Å²) >= 11 is 0. The van der Waals surface area contributed by atoms with Crippen molar-refractivity contribution in [2.45, 2.75) is 69.9 Å². The Kier molecular flexibility index (Phi) is 4.81. The first-order valence-corrected chi connectivity index (χ1v) is 14.5. The van der Waals surface area contributed by atoms with Crippen LogP contribution in [0.3, 0.4) is 0 Å². The average Bonchev–Trinajstić information content (AvgIpc) is 3.19. The minimum Gasteiger partial charge on any atom is -0.406 e. The van der Waals surface area contributed by atoms with Crippen molar-refractivity contribution in [2.24, 2.45) is 7.05 Å². The lowest BCUT2D eigenvalue weighted by molar-refractivity contribution is -0.0363. The van der Waals surface area contributed by atoms with E-state index in [1.807, 2.05) is 13.1 Å². The Morgan fingerprint density at radius 3 is 2.55 bits per heavy atom. The minimum atomic E-state index is -3.94. The standard InChI is InChI=1S/C19H29N3O7SSi/c1-11-9-22(17(24)21(5)15(11)23)16-14(28-31(6,7)18(2,3)4)19-12(10-30(25,26)29-19)20-8-13(19)27-16/h9-10,13-14,16,20H,8H2,1-7H3/t13-,14+,16-,19-/m1/s1. The van der Waals surface area contributed by atoms with E-state index in [1.165, 1.54) is 17.8 Å². The Morgan fingerprint density at radius 2 is 1.94 bits per heavy atom. The van der Waals surface area contributed by atoms with Gasteiger partial charge < -0.3 is 14.5 Å². The SMILES string of the molecule is Cc1cn([C@@H]2O[C@@H]3CNC4=CS(=O)(=O)O[C@]43[C@H]2O[Si](C)(C)C(C)(C)C)c(=O)n(C)c1=O. The summed E-state index contributed by atoms with van der Waals surface area (Å²) in [6.45, 7) is 12.2. The van der Waals surface area contributed by atoms with Crippen LogP contribution in [0.2, 0.25) is 18.1 Å². The molecule has 0 unspecified atom stereocenters. The van der Waals surface area contributed by atoms with Gasteiger partial charge in [0.2, 0.25) is 0 Å². The molecule has 0 radical (unpaired) electrons. The molecule has 10 nitrogen and oxygen atoms in total. The van der Waals surface area contributed by atoms with Gasteiger partial charge >= 0.3 is 5.69 Å². The lowest BCUT2D eigenvalue weighted by atomic mass is 9.92. The van der Waals surface area contributed by atoms with Crippen LogP contribution in [-0.2, 0) is 30.5 Å². The fourth-order valence-electron chi connectivity index (χ4n) is 4.12. The molecule has 4 atom stereocenters. The highest BCUT2D eigenvalue weighted by molar-refractivity contribution is 7.90. The third-order valence-corrected chi connectivity index (χ3v) is 12.4.